The first-order valence-electron chi connectivity index (χ1n) is 6.37. The van der Waals surface area contributed by atoms with Gasteiger partial charge in [-0.1, -0.05) is 19.3 Å². The predicted molar refractivity (Wildman–Crippen MR) is 60.7 cm³/mol. The lowest BCUT2D eigenvalue weighted by atomic mass is 9.95. The van der Waals surface area contributed by atoms with Gasteiger partial charge in [0.2, 0.25) is 5.91 Å². The number of rotatable bonds is 3. The Morgan fingerprint density at radius 2 is 1.93 bits per heavy atom. The topological polar surface area (TPSA) is 41.1 Å². The van der Waals surface area contributed by atoms with Crippen molar-refractivity contribution in [2.45, 2.75) is 63.5 Å². The minimum atomic E-state index is 0.251. The van der Waals surface area contributed by atoms with Crippen LogP contribution in [0.4, 0.5) is 0 Å². The molecule has 0 bridgehead atoms. The molecule has 0 radical (unpaired) electrons. The van der Waals surface area contributed by atoms with Crippen LogP contribution in [0, 0.1) is 0 Å². The van der Waals surface area contributed by atoms with E-state index in [1.54, 1.807) is 0 Å². The molecular weight excluding hydrogens is 188 g/mol. The predicted octanol–water partition coefficient (Wildman–Crippen LogP) is 1.58. The molecule has 2 rings (SSSR count). The maximum atomic E-state index is 11.7. The summed E-state index contributed by atoms with van der Waals surface area (Å²) < 4.78 is 0. The van der Waals surface area contributed by atoms with E-state index in [0.29, 0.717) is 18.5 Å². The number of hydrogen-bond donors (Lipinski definition) is 2. The minimum Gasteiger partial charge on any atom is -0.353 e. The van der Waals surface area contributed by atoms with Crippen LogP contribution in [0.1, 0.15) is 51.4 Å². The summed E-state index contributed by atoms with van der Waals surface area (Å²) >= 11 is 0. The van der Waals surface area contributed by atoms with Crippen molar-refractivity contribution in [1.82, 2.24) is 10.6 Å². The standard InChI is InChI=1S/C12H22N2O/c15-12(9-11-7-4-8-13-11)14-10-5-2-1-3-6-10/h10-11,13H,1-9H2,(H,14,15). The van der Waals surface area contributed by atoms with E-state index in [2.05, 4.69) is 10.6 Å². The first-order valence-corrected chi connectivity index (χ1v) is 6.37. The number of carbonyl (C=O) groups excluding carboxylic acids is 1. The molecule has 15 heavy (non-hydrogen) atoms. The highest BCUT2D eigenvalue weighted by Crippen LogP contribution is 2.17. The molecule has 1 saturated heterocycles. The van der Waals surface area contributed by atoms with E-state index >= 15 is 0 Å². The third-order valence-electron chi connectivity index (χ3n) is 3.56. The molecule has 0 aromatic rings. The highest BCUT2D eigenvalue weighted by atomic mass is 16.1. The molecule has 86 valence electrons. The summed E-state index contributed by atoms with van der Waals surface area (Å²) in [5.41, 5.74) is 0. The second-order valence-corrected chi connectivity index (χ2v) is 4.90. The van der Waals surface area contributed by atoms with Gasteiger partial charge in [0.15, 0.2) is 0 Å². The summed E-state index contributed by atoms with van der Waals surface area (Å²) in [6, 6.07) is 0.904. The van der Waals surface area contributed by atoms with E-state index in [1.165, 1.54) is 38.5 Å². The van der Waals surface area contributed by atoms with Gasteiger partial charge >= 0.3 is 0 Å². The number of hydrogen-bond acceptors (Lipinski definition) is 2. The monoisotopic (exact) mass is 210 g/mol. The van der Waals surface area contributed by atoms with Crippen molar-refractivity contribution >= 4 is 5.91 Å². The fraction of sp³-hybridized carbons (Fsp3) is 0.917. The van der Waals surface area contributed by atoms with Gasteiger partial charge < -0.3 is 10.6 Å². The van der Waals surface area contributed by atoms with Crippen molar-refractivity contribution in [1.29, 1.82) is 0 Å². The third kappa shape index (κ3) is 3.49. The Morgan fingerprint density at radius 1 is 1.13 bits per heavy atom. The molecule has 2 N–H and O–H groups in total. The van der Waals surface area contributed by atoms with Crippen LogP contribution in [0.25, 0.3) is 0 Å². The first kappa shape index (κ1) is 10.9. The van der Waals surface area contributed by atoms with Crippen molar-refractivity contribution in [2.75, 3.05) is 6.54 Å². The molecule has 0 aromatic carbocycles. The van der Waals surface area contributed by atoms with Crippen molar-refractivity contribution in [3.8, 4) is 0 Å². The van der Waals surface area contributed by atoms with Crippen LogP contribution >= 0.6 is 0 Å². The Balaban J connectivity index is 1.66. The summed E-state index contributed by atoms with van der Waals surface area (Å²) in [6.07, 6.45) is 9.35. The lowest BCUT2D eigenvalue weighted by molar-refractivity contribution is -0.122. The molecule has 1 atom stereocenters. The molecule has 2 aliphatic rings. The lowest BCUT2D eigenvalue weighted by Crippen LogP contribution is -2.39. The Hall–Kier alpha value is -0.570. The Labute approximate surface area is 92.0 Å². The Kier molecular flexibility index (Phi) is 4.01. The van der Waals surface area contributed by atoms with Gasteiger partial charge in [-0.3, -0.25) is 4.79 Å². The van der Waals surface area contributed by atoms with Crippen LogP contribution in [0.3, 0.4) is 0 Å². The maximum Gasteiger partial charge on any atom is 0.221 e. The number of nitrogens with one attached hydrogen (secondary N) is 2. The molecule has 1 heterocycles. The zero-order chi connectivity index (χ0) is 10.5. The average Bonchev–Trinajstić information content (AvgIpc) is 2.71. The Bertz CT molecular complexity index is 206. The molecule has 1 aliphatic carbocycles. The minimum absolute atomic E-state index is 0.251. The molecular formula is C12H22N2O. The van der Waals surface area contributed by atoms with Crippen LogP contribution in [-0.4, -0.2) is 24.5 Å². The van der Waals surface area contributed by atoms with Crippen LogP contribution in [0.5, 0.6) is 0 Å². The second-order valence-electron chi connectivity index (χ2n) is 4.90. The third-order valence-corrected chi connectivity index (χ3v) is 3.56. The second kappa shape index (κ2) is 5.50. The summed E-state index contributed by atoms with van der Waals surface area (Å²) in [6.45, 7) is 1.08. The Morgan fingerprint density at radius 3 is 2.60 bits per heavy atom. The molecule has 1 aliphatic heterocycles. The van der Waals surface area contributed by atoms with Gasteiger partial charge in [-0.25, -0.2) is 0 Å². The average molecular weight is 210 g/mol. The van der Waals surface area contributed by atoms with E-state index < -0.39 is 0 Å². The van der Waals surface area contributed by atoms with Gasteiger partial charge in [-0.15, -0.1) is 0 Å². The highest BCUT2D eigenvalue weighted by molar-refractivity contribution is 5.76. The normalized spacial score (nSPS) is 27.9. The summed E-state index contributed by atoms with van der Waals surface area (Å²) in [5, 5.41) is 6.53. The molecule has 1 unspecified atom stereocenters. The fourth-order valence-electron chi connectivity index (χ4n) is 2.69. The van der Waals surface area contributed by atoms with Crippen LogP contribution < -0.4 is 10.6 Å². The van der Waals surface area contributed by atoms with E-state index in [0.717, 1.165) is 13.0 Å². The molecule has 2 fully saturated rings. The van der Waals surface area contributed by atoms with Gasteiger partial charge in [-0.2, -0.15) is 0 Å². The van der Waals surface area contributed by atoms with E-state index in [-0.39, 0.29) is 5.91 Å². The smallest absolute Gasteiger partial charge is 0.221 e. The number of amides is 1. The van der Waals surface area contributed by atoms with Gasteiger partial charge in [-0.05, 0) is 32.2 Å². The SMILES string of the molecule is O=C(CC1CCCN1)NC1CCCCC1. The van der Waals surface area contributed by atoms with Crippen molar-refractivity contribution in [2.24, 2.45) is 0 Å². The molecule has 3 heteroatoms. The summed E-state index contributed by atoms with van der Waals surface area (Å²) in [5.74, 6) is 0.251. The van der Waals surface area contributed by atoms with Crippen molar-refractivity contribution in [3.63, 3.8) is 0 Å². The molecule has 3 nitrogen and oxygen atoms in total. The van der Waals surface area contributed by atoms with Gasteiger partial charge in [0.25, 0.3) is 0 Å². The highest BCUT2D eigenvalue weighted by Gasteiger charge is 2.20. The molecule has 1 amide bonds. The molecule has 0 spiro atoms. The zero-order valence-electron chi connectivity index (χ0n) is 9.43. The van der Waals surface area contributed by atoms with Gasteiger partial charge in [0, 0.05) is 18.5 Å². The lowest BCUT2D eigenvalue weighted by Gasteiger charge is -2.23. The summed E-state index contributed by atoms with van der Waals surface area (Å²) in [4.78, 5) is 11.7. The first-order chi connectivity index (χ1) is 7.34. The van der Waals surface area contributed by atoms with E-state index in [1.807, 2.05) is 0 Å². The molecule has 0 aromatic heterocycles. The molecule has 1 saturated carbocycles. The quantitative estimate of drug-likeness (QED) is 0.742. The number of carbonyl (C=O) groups is 1. The van der Waals surface area contributed by atoms with Crippen LogP contribution in [-0.2, 0) is 4.79 Å². The van der Waals surface area contributed by atoms with Crippen molar-refractivity contribution < 1.29 is 4.79 Å². The maximum absolute atomic E-state index is 11.7. The fourth-order valence-corrected chi connectivity index (χ4v) is 2.69. The summed E-state index contributed by atoms with van der Waals surface area (Å²) in [7, 11) is 0. The van der Waals surface area contributed by atoms with Crippen molar-refractivity contribution in [3.05, 3.63) is 0 Å². The van der Waals surface area contributed by atoms with Crippen LogP contribution in [0.15, 0.2) is 0 Å². The van der Waals surface area contributed by atoms with Gasteiger partial charge in [0.1, 0.15) is 0 Å². The van der Waals surface area contributed by atoms with Crippen LogP contribution in [0.2, 0.25) is 0 Å². The van der Waals surface area contributed by atoms with E-state index in [9.17, 15) is 4.79 Å². The zero-order valence-corrected chi connectivity index (χ0v) is 9.43. The van der Waals surface area contributed by atoms with Gasteiger partial charge in [0.05, 0.1) is 0 Å². The largest absolute Gasteiger partial charge is 0.353 e. The van der Waals surface area contributed by atoms with E-state index in [4.69, 9.17) is 0 Å².